The van der Waals surface area contributed by atoms with Gasteiger partial charge in [-0.1, -0.05) is 31.2 Å². The van der Waals surface area contributed by atoms with Crippen LogP contribution in [0.25, 0.3) is 0 Å². The molecule has 0 aliphatic heterocycles. The summed E-state index contributed by atoms with van der Waals surface area (Å²) < 4.78 is 1.89. The van der Waals surface area contributed by atoms with E-state index in [0.717, 1.165) is 34.8 Å². The molecule has 0 aliphatic carbocycles. The first-order valence-electron chi connectivity index (χ1n) is 7.80. The molecule has 0 bridgehead atoms. The molecule has 3 N–H and O–H groups in total. The fourth-order valence-electron chi connectivity index (χ4n) is 2.75. The summed E-state index contributed by atoms with van der Waals surface area (Å²) in [5.74, 6) is 0.999. The second-order valence-electron chi connectivity index (χ2n) is 5.89. The van der Waals surface area contributed by atoms with Gasteiger partial charge < -0.3 is 4.90 Å². The first kappa shape index (κ1) is 16.4. The molecule has 0 saturated heterocycles. The van der Waals surface area contributed by atoms with E-state index in [1.54, 1.807) is 11.5 Å². The molecule has 1 aromatic carbocycles. The summed E-state index contributed by atoms with van der Waals surface area (Å²) in [6, 6.07) is 9.81. The van der Waals surface area contributed by atoms with Crippen molar-refractivity contribution < 1.29 is 15.0 Å². The van der Waals surface area contributed by atoms with Crippen LogP contribution in [0.1, 0.15) is 30.5 Å². The van der Waals surface area contributed by atoms with Gasteiger partial charge in [-0.2, -0.15) is 5.10 Å². The van der Waals surface area contributed by atoms with Gasteiger partial charge in [0, 0.05) is 18.2 Å². The molecule has 1 atom stereocenters. The van der Waals surface area contributed by atoms with E-state index < -0.39 is 0 Å². The number of benzene rings is 1. The molecule has 5 nitrogen and oxygen atoms in total. The van der Waals surface area contributed by atoms with Crippen LogP contribution in [0.3, 0.4) is 0 Å². The highest BCUT2D eigenvalue weighted by Crippen LogP contribution is 2.14. The Bertz CT molecular complexity index is 633. The summed E-state index contributed by atoms with van der Waals surface area (Å²) in [6.45, 7) is 4.99. The Morgan fingerprint density at radius 2 is 2.05 bits per heavy atom. The number of carbonyl (C=O) groups excluding carboxylic acids is 1. The number of aryl methyl sites for hydroxylation is 2. The maximum atomic E-state index is 12.8. The van der Waals surface area contributed by atoms with Crippen molar-refractivity contribution in [1.29, 1.82) is 0 Å². The molecule has 0 aliphatic rings. The molecule has 1 unspecified atom stereocenters. The number of likely N-dealkylation sites (N-methyl/N-ethyl adjacent to an activating group) is 1. The van der Waals surface area contributed by atoms with Crippen LogP contribution in [0.2, 0.25) is 0 Å². The lowest BCUT2D eigenvalue weighted by Crippen LogP contribution is -3.10. The van der Waals surface area contributed by atoms with Gasteiger partial charge in [-0.25, -0.2) is 14.8 Å². The van der Waals surface area contributed by atoms with E-state index in [9.17, 15) is 4.79 Å². The number of rotatable bonds is 6. The Kier molecular flexibility index (Phi) is 5.46. The number of hydrogen-bond acceptors (Lipinski definition) is 2. The largest absolute Gasteiger partial charge is 0.379 e. The van der Waals surface area contributed by atoms with Crippen molar-refractivity contribution in [2.24, 2.45) is 0 Å². The summed E-state index contributed by atoms with van der Waals surface area (Å²) >= 11 is 0. The van der Waals surface area contributed by atoms with E-state index in [4.69, 9.17) is 0 Å². The van der Waals surface area contributed by atoms with Gasteiger partial charge in [0.05, 0.1) is 20.3 Å². The molecule has 0 spiro atoms. The zero-order valence-electron chi connectivity index (χ0n) is 13.8. The number of carbonyl (C=O) groups is 1. The van der Waals surface area contributed by atoms with Gasteiger partial charge in [0.25, 0.3) is 0 Å². The highest BCUT2D eigenvalue weighted by atomic mass is 16.2. The smallest absolute Gasteiger partial charge is 0.322 e. The SMILES string of the molecule is CCCn1nccc1[NH2+]C(=O)C(c1ccccc1C)[NH+](C)C. The van der Waals surface area contributed by atoms with Crippen LogP contribution in [-0.4, -0.2) is 29.8 Å². The van der Waals surface area contributed by atoms with Gasteiger partial charge in [0.15, 0.2) is 0 Å². The zero-order valence-corrected chi connectivity index (χ0v) is 13.8. The van der Waals surface area contributed by atoms with Crippen LogP contribution >= 0.6 is 0 Å². The predicted molar refractivity (Wildman–Crippen MR) is 85.8 cm³/mol. The molecule has 5 heteroatoms. The second kappa shape index (κ2) is 7.33. The van der Waals surface area contributed by atoms with Gasteiger partial charge in [0.1, 0.15) is 0 Å². The molecule has 0 fully saturated rings. The maximum Gasteiger partial charge on any atom is 0.379 e. The van der Waals surface area contributed by atoms with Crippen molar-refractivity contribution in [2.45, 2.75) is 32.9 Å². The Balaban J connectivity index is 2.24. The number of nitrogens with two attached hydrogens (primary N) is 1. The van der Waals surface area contributed by atoms with Crippen molar-refractivity contribution in [1.82, 2.24) is 9.78 Å². The number of quaternary nitrogens is 2. The Morgan fingerprint density at radius 1 is 1.32 bits per heavy atom. The highest BCUT2D eigenvalue weighted by molar-refractivity contribution is 5.74. The standard InChI is InChI=1S/C17H24N4O/c1-5-12-21-15(10-11-18-21)19-17(22)16(20(3)4)14-9-7-6-8-13(14)2/h6-11,16H,5,12H2,1-4H3,(H,19,22)/p+2. The molecule has 0 radical (unpaired) electrons. The lowest BCUT2D eigenvalue weighted by Gasteiger charge is -2.19. The van der Waals surface area contributed by atoms with E-state index in [0.29, 0.717) is 0 Å². The molecule has 1 amide bonds. The summed E-state index contributed by atoms with van der Waals surface area (Å²) in [4.78, 5) is 14.0. The lowest BCUT2D eigenvalue weighted by molar-refractivity contribution is -0.887. The van der Waals surface area contributed by atoms with Gasteiger partial charge in [-0.15, -0.1) is 0 Å². The van der Waals surface area contributed by atoms with Crippen LogP contribution in [0.15, 0.2) is 36.5 Å². The Morgan fingerprint density at radius 3 is 2.68 bits per heavy atom. The fraction of sp³-hybridized carbons (Fsp3) is 0.412. The summed E-state index contributed by atoms with van der Waals surface area (Å²) in [5.41, 5.74) is 2.24. The molecular formula is C17H26N4O+2. The number of nitrogens with zero attached hydrogens (tertiary/aromatic N) is 2. The Labute approximate surface area is 131 Å². The minimum atomic E-state index is -0.189. The lowest BCUT2D eigenvalue weighted by atomic mass is 10.00. The van der Waals surface area contributed by atoms with Crippen molar-refractivity contribution in [3.63, 3.8) is 0 Å². The molecule has 0 saturated carbocycles. The Hall–Kier alpha value is -1.98. The van der Waals surface area contributed by atoms with Crippen LogP contribution < -0.4 is 10.2 Å². The third-order valence-corrected chi connectivity index (χ3v) is 3.84. The fourth-order valence-corrected chi connectivity index (χ4v) is 2.75. The first-order chi connectivity index (χ1) is 10.5. The van der Waals surface area contributed by atoms with Crippen molar-refractivity contribution in [2.75, 3.05) is 14.1 Å². The summed E-state index contributed by atoms with van der Waals surface area (Å²) in [6.07, 6.45) is 2.75. The molecule has 118 valence electrons. The van der Waals surface area contributed by atoms with Crippen molar-refractivity contribution >= 4 is 11.7 Å². The molecule has 22 heavy (non-hydrogen) atoms. The zero-order chi connectivity index (χ0) is 16.1. The minimum Gasteiger partial charge on any atom is -0.322 e. The van der Waals surface area contributed by atoms with Gasteiger partial charge in [0.2, 0.25) is 11.9 Å². The quantitative estimate of drug-likeness (QED) is 0.801. The van der Waals surface area contributed by atoms with Crippen LogP contribution in [0.4, 0.5) is 5.82 Å². The van der Waals surface area contributed by atoms with Crippen molar-refractivity contribution in [3.05, 3.63) is 47.7 Å². The number of aromatic nitrogens is 2. The average molecular weight is 302 g/mol. The molecule has 1 heterocycles. The third-order valence-electron chi connectivity index (χ3n) is 3.84. The second-order valence-corrected chi connectivity index (χ2v) is 5.89. The topological polar surface area (TPSA) is 55.9 Å². The normalized spacial score (nSPS) is 12.6. The predicted octanol–water partition coefficient (Wildman–Crippen LogP) is 0.209. The first-order valence-corrected chi connectivity index (χ1v) is 7.80. The number of hydrogen-bond donors (Lipinski definition) is 2. The van der Waals surface area contributed by atoms with Gasteiger partial charge in [-0.3, -0.25) is 0 Å². The van der Waals surface area contributed by atoms with Crippen molar-refractivity contribution in [3.8, 4) is 0 Å². The average Bonchev–Trinajstić information content (AvgIpc) is 2.88. The third kappa shape index (κ3) is 3.61. The number of amides is 1. The van der Waals surface area contributed by atoms with E-state index in [1.165, 1.54) is 0 Å². The molecule has 1 aromatic heterocycles. The maximum absolute atomic E-state index is 12.8. The van der Waals surface area contributed by atoms with Gasteiger partial charge >= 0.3 is 5.91 Å². The van der Waals surface area contributed by atoms with Crippen LogP contribution in [0, 0.1) is 6.92 Å². The van der Waals surface area contributed by atoms with Gasteiger partial charge in [-0.05, 0) is 18.9 Å². The number of primary amides is 1. The monoisotopic (exact) mass is 302 g/mol. The molecular weight excluding hydrogens is 276 g/mol. The van der Waals surface area contributed by atoms with E-state index in [2.05, 4.69) is 25.0 Å². The highest BCUT2D eigenvalue weighted by Gasteiger charge is 2.32. The molecule has 2 rings (SSSR count). The minimum absolute atomic E-state index is 0.118. The summed E-state index contributed by atoms with van der Waals surface area (Å²) in [7, 11) is 4.04. The molecule has 2 aromatic rings. The summed E-state index contributed by atoms with van der Waals surface area (Å²) in [5, 5.41) is 6.01. The van der Waals surface area contributed by atoms with E-state index in [-0.39, 0.29) is 11.9 Å². The number of nitrogens with one attached hydrogen (secondary N) is 1. The van der Waals surface area contributed by atoms with Crippen LogP contribution in [0.5, 0.6) is 0 Å². The van der Waals surface area contributed by atoms with E-state index >= 15 is 0 Å². The van der Waals surface area contributed by atoms with E-state index in [1.807, 2.05) is 43.0 Å². The van der Waals surface area contributed by atoms with Crippen LogP contribution in [-0.2, 0) is 11.3 Å².